The first-order chi connectivity index (χ1) is 16.7. The molecule has 10 nitrogen and oxygen atoms in total. The van der Waals surface area contributed by atoms with Crippen molar-refractivity contribution in [2.45, 2.75) is 26.2 Å². The predicted molar refractivity (Wildman–Crippen MR) is 121 cm³/mol. The van der Waals surface area contributed by atoms with Gasteiger partial charge in [-0.1, -0.05) is 6.07 Å². The number of ether oxygens (including phenoxy) is 4. The Balaban J connectivity index is 1.96. The number of aryl methyl sites for hydroxylation is 1. The molecule has 2 heterocycles. The van der Waals surface area contributed by atoms with Crippen molar-refractivity contribution in [3.63, 3.8) is 0 Å². The predicted octanol–water partition coefficient (Wildman–Crippen LogP) is 3.01. The third-order valence-electron chi connectivity index (χ3n) is 5.80. The highest BCUT2D eigenvalue weighted by atomic mass is 16.6. The van der Waals surface area contributed by atoms with Crippen molar-refractivity contribution in [3.8, 4) is 23.0 Å². The molecule has 0 saturated heterocycles. The minimum atomic E-state index is -0.707. The van der Waals surface area contributed by atoms with Crippen molar-refractivity contribution in [2.75, 3.05) is 20.8 Å². The number of ketones is 1. The maximum absolute atomic E-state index is 12.6. The van der Waals surface area contributed by atoms with Crippen molar-refractivity contribution in [3.05, 3.63) is 56.9 Å². The Morgan fingerprint density at radius 1 is 1.14 bits per heavy atom. The van der Waals surface area contributed by atoms with Crippen LogP contribution in [-0.4, -0.2) is 43.7 Å². The molecule has 0 unspecified atom stereocenters. The molecule has 0 aliphatic carbocycles. The molecule has 1 N–H and O–H groups in total. The van der Waals surface area contributed by atoms with Crippen LogP contribution in [-0.2, 0) is 14.3 Å². The van der Waals surface area contributed by atoms with Crippen LogP contribution >= 0.6 is 0 Å². The quantitative estimate of drug-likeness (QED) is 0.241. The number of carbonyl (C=O) groups is 3. The van der Waals surface area contributed by atoms with E-state index in [4.69, 9.17) is 18.6 Å². The fraction of sp³-hybridized carbons (Fsp3) is 0.280. The highest BCUT2D eigenvalue weighted by molar-refractivity contribution is 6.09. The summed E-state index contributed by atoms with van der Waals surface area (Å²) in [6.07, 6.45) is -0.132. The Kier molecular flexibility index (Phi) is 6.21. The van der Waals surface area contributed by atoms with Gasteiger partial charge in [-0.2, -0.15) is 0 Å². The van der Waals surface area contributed by atoms with E-state index in [2.05, 4.69) is 4.74 Å². The molecule has 0 fully saturated rings. The Bertz CT molecular complexity index is 1430. The largest absolute Gasteiger partial charge is 0.506 e. The first kappa shape index (κ1) is 23.8. The topological polar surface area (TPSA) is 139 Å². The van der Waals surface area contributed by atoms with Gasteiger partial charge in [0.2, 0.25) is 0 Å². The number of Topliss-reactive ketones (excluding diaryl/α,β-unsaturated/α-hetero) is 1. The van der Waals surface area contributed by atoms with Gasteiger partial charge in [0.05, 0.1) is 26.0 Å². The van der Waals surface area contributed by atoms with Crippen molar-refractivity contribution < 1.29 is 42.9 Å². The third kappa shape index (κ3) is 4.18. The number of hydrogen-bond donors (Lipinski definition) is 1. The van der Waals surface area contributed by atoms with Crippen LogP contribution in [0.3, 0.4) is 0 Å². The molecule has 3 aromatic rings. The molecule has 182 valence electrons. The van der Waals surface area contributed by atoms with E-state index in [0.29, 0.717) is 11.1 Å². The lowest BCUT2D eigenvalue weighted by molar-refractivity contribution is -0.143. The van der Waals surface area contributed by atoms with Gasteiger partial charge < -0.3 is 28.5 Å². The number of methoxy groups -OCH3 is 2. The van der Waals surface area contributed by atoms with Gasteiger partial charge in [0, 0.05) is 17.5 Å². The summed E-state index contributed by atoms with van der Waals surface area (Å²) < 4.78 is 26.3. The van der Waals surface area contributed by atoms with Crippen molar-refractivity contribution in [1.82, 2.24) is 0 Å². The van der Waals surface area contributed by atoms with E-state index in [1.165, 1.54) is 27.2 Å². The molecular weight excluding hydrogens is 460 g/mol. The van der Waals surface area contributed by atoms with Gasteiger partial charge in [0.1, 0.15) is 16.9 Å². The molecular formula is C25H22O10. The van der Waals surface area contributed by atoms with E-state index in [0.717, 1.165) is 0 Å². The van der Waals surface area contributed by atoms with E-state index in [9.17, 15) is 24.3 Å². The van der Waals surface area contributed by atoms with Gasteiger partial charge in [-0.05, 0) is 37.1 Å². The second-order valence-electron chi connectivity index (χ2n) is 7.98. The molecule has 0 spiro atoms. The number of hydrogen-bond acceptors (Lipinski definition) is 10. The zero-order valence-corrected chi connectivity index (χ0v) is 19.4. The normalized spacial score (nSPS) is 14.7. The lowest BCUT2D eigenvalue weighted by Gasteiger charge is -2.28. The number of phenolic OH excluding ortho intramolecular Hbond substituents is 1. The van der Waals surface area contributed by atoms with Gasteiger partial charge in [-0.25, -0.2) is 9.59 Å². The number of esters is 2. The number of fused-ring (bicyclic) bond motifs is 3. The maximum Gasteiger partial charge on any atom is 0.343 e. The Morgan fingerprint density at radius 2 is 1.89 bits per heavy atom. The van der Waals surface area contributed by atoms with Gasteiger partial charge in [0.15, 0.2) is 29.6 Å². The van der Waals surface area contributed by atoms with E-state index in [-0.39, 0.29) is 52.4 Å². The molecule has 0 radical (unpaired) electrons. The van der Waals surface area contributed by atoms with Gasteiger partial charge >= 0.3 is 17.6 Å². The summed E-state index contributed by atoms with van der Waals surface area (Å²) >= 11 is 0. The monoisotopic (exact) mass is 482 g/mol. The van der Waals surface area contributed by atoms with Crippen LogP contribution in [0.1, 0.15) is 46.3 Å². The molecule has 0 saturated carbocycles. The van der Waals surface area contributed by atoms with Crippen molar-refractivity contribution >= 4 is 28.7 Å². The summed E-state index contributed by atoms with van der Waals surface area (Å²) in [5.41, 5.74) is 0.442. The second-order valence-corrected chi connectivity index (χ2v) is 7.98. The van der Waals surface area contributed by atoms with Crippen LogP contribution < -0.4 is 19.8 Å². The van der Waals surface area contributed by atoms with Gasteiger partial charge in [-0.15, -0.1) is 0 Å². The summed E-state index contributed by atoms with van der Waals surface area (Å²) in [4.78, 5) is 48.7. The Labute approximate surface area is 199 Å². The highest BCUT2D eigenvalue weighted by Gasteiger charge is 2.37. The number of aromatic hydroxyl groups is 1. The SMILES string of the molecule is COC(=O)COc1ccc([C@@H]2CC(=O)Oc3c(C(C)=O)c(O)c4c(C)cc(=O)oc4c32)cc1OC. The molecule has 0 bridgehead atoms. The third-order valence-corrected chi connectivity index (χ3v) is 5.80. The van der Waals surface area contributed by atoms with E-state index >= 15 is 0 Å². The summed E-state index contributed by atoms with van der Waals surface area (Å²) in [5.74, 6) is -2.48. The number of carbonyl (C=O) groups excluding carboxylic acids is 3. The van der Waals surface area contributed by atoms with Gasteiger partial charge in [-0.3, -0.25) is 9.59 Å². The zero-order valence-electron chi connectivity index (χ0n) is 19.4. The van der Waals surface area contributed by atoms with E-state index in [1.54, 1.807) is 25.1 Å². The smallest absolute Gasteiger partial charge is 0.343 e. The second kappa shape index (κ2) is 9.13. The molecule has 2 aromatic carbocycles. The van der Waals surface area contributed by atoms with Crippen LogP contribution in [0, 0.1) is 6.92 Å². The first-order valence-corrected chi connectivity index (χ1v) is 10.6. The van der Waals surface area contributed by atoms with Crippen LogP contribution in [0.4, 0.5) is 0 Å². The minimum Gasteiger partial charge on any atom is -0.506 e. The van der Waals surface area contributed by atoms with E-state index < -0.39 is 35.0 Å². The van der Waals surface area contributed by atoms with Crippen LogP contribution in [0.2, 0.25) is 0 Å². The van der Waals surface area contributed by atoms with Gasteiger partial charge in [0.25, 0.3) is 0 Å². The standard InChI is InChI=1S/C25H22O10/c1-11-7-17(27)34-24-20(11)23(30)21(12(2)26)25-22(24)14(9-18(28)35-25)13-5-6-15(16(8-13)31-3)33-10-19(29)32-4/h5-8,14,30H,9-10H2,1-4H3/t14-/m0/s1. The summed E-state index contributed by atoms with van der Waals surface area (Å²) in [7, 11) is 2.65. The Morgan fingerprint density at radius 3 is 2.54 bits per heavy atom. The average molecular weight is 482 g/mol. The van der Waals surface area contributed by atoms with Crippen molar-refractivity contribution in [1.29, 1.82) is 0 Å². The summed E-state index contributed by atoms with van der Waals surface area (Å²) in [5, 5.41) is 11.1. The summed E-state index contributed by atoms with van der Waals surface area (Å²) in [6, 6.07) is 6.03. The number of benzene rings is 2. The zero-order chi connectivity index (χ0) is 25.4. The first-order valence-electron chi connectivity index (χ1n) is 10.6. The van der Waals surface area contributed by atoms with E-state index in [1.807, 2.05) is 0 Å². The lowest BCUT2D eigenvalue weighted by atomic mass is 9.82. The molecule has 1 aliphatic heterocycles. The molecule has 0 amide bonds. The fourth-order valence-corrected chi connectivity index (χ4v) is 4.24. The number of phenols is 1. The molecule has 1 atom stereocenters. The molecule has 1 aliphatic rings. The molecule has 10 heteroatoms. The fourth-order valence-electron chi connectivity index (χ4n) is 4.24. The van der Waals surface area contributed by atoms with Crippen LogP contribution in [0.15, 0.2) is 33.5 Å². The molecule has 35 heavy (non-hydrogen) atoms. The van der Waals surface area contributed by atoms with Crippen LogP contribution in [0.5, 0.6) is 23.0 Å². The average Bonchev–Trinajstić information content (AvgIpc) is 2.80. The highest BCUT2D eigenvalue weighted by Crippen LogP contribution is 2.50. The molecule has 1 aromatic heterocycles. The Hall–Kier alpha value is -4.34. The minimum absolute atomic E-state index is 0.0231. The molecule has 4 rings (SSSR count). The number of rotatable bonds is 6. The van der Waals surface area contributed by atoms with Crippen molar-refractivity contribution in [2.24, 2.45) is 0 Å². The van der Waals surface area contributed by atoms with Crippen LogP contribution in [0.25, 0.3) is 11.0 Å². The summed E-state index contributed by atoms with van der Waals surface area (Å²) in [6.45, 7) is 2.51. The maximum atomic E-state index is 12.6. The lowest BCUT2D eigenvalue weighted by Crippen LogP contribution is -2.24.